The zero-order chi connectivity index (χ0) is 26.4. The lowest BCUT2D eigenvalue weighted by molar-refractivity contribution is -0.136. The van der Waals surface area contributed by atoms with Gasteiger partial charge in [-0.1, -0.05) is 53.5 Å². The normalized spacial score (nSPS) is 14.5. The molecule has 3 aromatic carbocycles. The van der Waals surface area contributed by atoms with Crippen LogP contribution in [0.1, 0.15) is 34.8 Å². The van der Waals surface area contributed by atoms with E-state index in [9.17, 15) is 14.4 Å². The predicted octanol–water partition coefficient (Wildman–Crippen LogP) is 5.35. The number of piperidine rings is 1. The SMILES string of the molecule is COc1ccc(C(=O)NC(C(=O)N2CCC(C(=O)Nc3ccc(Cl)c(Cl)c3)CC2)c2ccccc2)cc1. The summed E-state index contributed by atoms with van der Waals surface area (Å²) in [4.78, 5) is 41.0. The molecule has 37 heavy (non-hydrogen) atoms. The van der Waals surface area contributed by atoms with Gasteiger partial charge < -0.3 is 20.3 Å². The van der Waals surface area contributed by atoms with Crippen molar-refractivity contribution in [3.63, 3.8) is 0 Å². The Hall–Kier alpha value is -3.55. The number of ether oxygens (including phenoxy) is 1. The molecule has 0 bridgehead atoms. The Labute approximate surface area is 225 Å². The molecule has 1 aliphatic rings. The molecule has 7 nitrogen and oxygen atoms in total. The average Bonchev–Trinajstić information content (AvgIpc) is 2.94. The number of carbonyl (C=O) groups excluding carboxylic acids is 3. The molecule has 1 saturated heterocycles. The fourth-order valence-corrected chi connectivity index (χ4v) is 4.55. The minimum absolute atomic E-state index is 0.127. The van der Waals surface area contributed by atoms with Gasteiger partial charge in [-0.15, -0.1) is 0 Å². The quantitative estimate of drug-likeness (QED) is 0.423. The number of rotatable bonds is 7. The van der Waals surface area contributed by atoms with Crippen LogP contribution in [0.15, 0.2) is 72.8 Å². The lowest BCUT2D eigenvalue weighted by Crippen LogP contribution is -2.47. The number of benzene rings is 3. The van der Waals surface area contributed by atoms with Gasteiger partial charge in [0.2, 0.25) is 11.8 Å². The van der Waals surface area contributed by atoms with E-state index < -0.39 is 6.04 Å². The summed E-state index contributed by atoms with van der Waals surface area (Å²) in [7, 11) is 1.55. The number of hydrogen-bond donors (Lipinski definition) is 2. The zero-order valence-electron chi connectivity index (χ0n) is 20.2. The van der Waals surface area contributed by atoms with E-state index in [1.807, 2.05) is 30.3 Å². The summed E-state index contributed by atoms with van der Waals surface area (Å²) in [5, 5.41) is 6.54. The van der Waals surface area contributed by atoms with Gasteiger partial charge in [0.15, 0.2) is 0 Å². The smallest absolute Gasteiger partial charge is 0.252 e. The first-order valence-electron chi connectivity index (χ1n) is 11.9. The summed E-state index contributed by atoms with van der Waals surface area (Å²) in [5.74, 6) is -0.309. The summed E-state index contributed by atoms with van der Waals surface area (Å²) in [6.07, 6.45) is 1.01. The van der Waals surface area contributed by atoms with Crippen molar-refractivity contribution >= 4 is 46.6 Å². The maximum absolute atomic E-state index is 13.6. The minimum Gasteiger partial charge on any atom is -0.497 e. The molecule has 1 atom stereocenters. The van der Waals surface area contributed by atoms with Crippen LogP contribution < -0.4 is 15.4 Å². The van der Waals surface area contributed by atoms with Gasteiger partial charge >= 0.3 is 0 Å². The van der Waals surface area contributed by atoms with Crippen LogP contribution in [0.3, 0.4) is 0 Å². The number of halogens is 2. The van der Waals surface area contributed by atoms with Crippen molar-refractivity contribution in [2.45, 2.75) is 18.9 Å². The highest BCUT2D eigenvalue weighted by Crippen LogP contribution is 2.27. The number of amides is 3. The van der Waals surface area contributed by atoms with E-state index in [2.05, 4.69) is 10.6 Å². The lowest BCUT2D eigenvalue weighted by atomic mass is 9.94. The fourth-order valence-electron chi connectivity index (χ4n) is 4.25. The highest BCUT2D eigenvalue weighted by Gasteiger charge is 2.32. The van der Waals surface area contributed by atoms with Gasteiger partial charge in [0, 0.05) is 30.3 Å². The number of carbonyl (C=O) groups is 3. The van der Waals surface area contributed by atoms with Gasteiger partial charge in [0.1, 0.15) is 11.8 Å². The van der Waals surface area contributed by atoms with Gasteiger partial charge in [-0.05, 0) is 60.9 Å². The number of nitrogens with zero attached hydrogens (tertiary/aromatic N) is 1. The first kappa shape index (κ1) is 26.5. The largest absolute Gasteiger partial charge is 0.497 e. The van der Waals surface area contributed by atoms with Crippen molar-refractivity contribution in [3.8, 4) is 5.75 Å². The minimum atomic E-state index is -0.850. The van der Waals surface area contributed by atoms with Crippen LogP contribution in [-0.2, 0) is 9.59 Å². The maximum atomic E-state index is 13.6. The van der Waals surface area contributed by atoms with Gasteiger partial charge in [0.05, 0.1) is 17.2 Å². The van der Waals surface area contributed by atoms with Crippen molar-refractivity contribution in [1.82, 2.24) is 10.2 Å². The third-order valence-corrected chi connectivity index (χ3v) is 7.11. The maximum Gasteiger partial charge on any atom is 0.252 e. The van der Waals surface area contributed by atoms with E-state index in [0.29, 0.717) is 58.5 Å². The van der Waals surface area contributed by atoms with Crippen LogP contribution in [0.5, 0.6) is 5.75 Å². The van der Waals surface area contributed by atoms with Crippen LogP contribution in [0.4, 0.5) is 5.69 Å². The van der Waals surface area contributed by atoms with Crippen LogP contribution in [0, 0.1) is 5.92 Å². The van der Waals surface area contributed by atoms with Gasteiger partial charge in [-0.25, -0.2) is 0 Å². The molecule has 1 fully saturated rings. The van der Waals surface area contributed by atoms with Crippen molar-refractivity contribution < 1.29 is 19.1 Å². The molecule has 2 N–H and O–H groups in total. The molecule has 3 amide bonds. The molecule has 0 aliphatic carbocycles. The van der Waals surface area contributed by atoms with Gasteiger partial charge in [0.25, 0.3) is 5.91 Å². The Bertz CT molecular complexity index is 1260. The second kappa shape index (κ2) is 12.1. The molecular weight excluding hydrogens is 513 g/mol. The molecule has 4 rings (SSSR count). The average molecular weight is 540 g/mol. The summed E-state index contributed by atoms with van der Waals surface area (Å²) in [5.41, 5.74) is 1.68. The van der Waals surface area contributed by atoms with Gasteiger partial charge in [-0.3, -0.25) is 14.4 Å². The fraction of sp³-hybridized carbons (Fsp3) is 0.250. The number of hydrogen-bond acceptors (Lipinski definition) is 4. The summed E-state index contributed by atoms with van der Waals surface area (Å²) in [6.45, 7) is 0.806. The molecule has 0 spiro atoms. The van der Waals surface area contributed by atoms with Crippen LogP contribution >= 0.6 is 23.2 Å². The standard InChI is InChI=1S/C28H27Cl2N3O4/c1-37-22-10-7-19(8-11-22)27(35)32-25(18-5-3-2-4-6-18)28(36)33-15-13-20(14-16-33)26(34)31-21-9-12-23(29)24(30)17-21/h2-12,17,20,25H,13-16H2,1H3,(H,31,34)(H,32,35). The zero-order valence-corrected chi connectivity index (χ0v) is 21.8. The predicted molar refractivity (Wildman–Crippen MR) is 144 cm³/mol. The monoisotopic (exact) mass is 539 g/mol. The van der Waals surface area contributed by atoms with E-state index in [1.165, 1.54) is 0 Å². The Balaban J connectivity index is 1.41. The molecule has 192 valence electrons. The third-order valence-electron chi connectivity index (χ3n) is 6.37. The van der Waals surface area contributed by atoms with Crippen molar-refractivity contribution in [3.05, 3.63) is 94.0 Å². The number of methoxy groups -OCH3 is 1. The number of nitrogens with one attached hydrogen (secondary N) is 2. The number of anilines is 1. The molecule has 0 aromatic heterocycles. The molecule has 1 aliphatic heterocycles. The van der Waals surface area contributed by atoms with Crippen LogP contribution in [0.2, 0.25) is 10.0 Å². The Morgan fingerprint density at radius 2 is 1.59 bits per heavy atom. The molecule has 3 aromatic rings. The molecule has 1 heterocycles. The summed E-state index contributed by atoms with van der Waals surface area (Å²) < 4.78 is 5.15. The highest BCUT2D eigenvalue weighted by molar-refractivity contribution is 6.42. The topological polar surface area (TPSA) is 87.7 Å². The van der Waals surface area contributed by atoms with E-state index >= 15 is 0 Å². The highest BCUT2D eigenvalue weighted by atomic mass is 35.5. The van der Waals surface area contributed by atoms with E-state index in [1.54, 1.807) is 54.5 Å². The van der Waals surface area contributed by atoms with Crippen molar-refractivity contribution in [2.24, 2.45) is 5.92 Å². The second-order valence-electron chi connectivity index (χ2n) is 8.76. The molecule has 9 heteroatoms. The molecular formula is C28H27Cl2N3O4. The molecule has 0 saturated carbocycles. The molecule has 1 unspecified atom stereocenters. The van der Waals surface area contributed by atoms with E-state index in [-0.39, 0.29) is 23.6 Å². The third kappa shape index (κ3) is 6.61. The van der Waals surface area contributed by atoms with E-state index in [0.717, 1.165) is 0 Å². The van der Waals surface area contributed by atoms with Crippen molar-refractivity contribution in [2.75, 3.05) is 25.5 Å². The van der Waals surface area contributed by atoms with E-state index in [4.69, 9.17) is 27.9 Å². The lowest BCUT2D eigenvalue weighted by Gasteiger charge is -2.34. The Morgan fingerprint density at radius 3 is 2.22 bits per heavy atom. The van der Waals surface area contributed by atoms with Crippen molar-refractivity contribution in [1.29, 1.82) is 0 Å². The second-order valence-corrected chi connectivity index (χ2v) is 9.58. The van der Waals surface area contributed by atoms with Crippen LogP contribution in [-0.4, -0.2) is 42.8 Å². The Morgan fingerprint density at radius 1 is 0.919 bits per heavy atom. The summed E-state index contributed by atoms with van der Waals surface area (Å²) >= 11 is 12.0. The first-order chi connectivity index (χ1) is 17.9. The summed E-state index contributed by atoms with van der Waals surface area (Å²) in [6, 6.07) is 19.9. The van der Waals surface area contributed by atoms with Crippen LogP contribution in [0.25, 0.3) is 0 Å². The molecule has 0 radical (unpaired) electrons. The number of likely N-dealkylation sites (tertiary alicyclic amines) is 1. The first-order valence-corrected chi connectivity index (χ1v) is 12.7. The Kier molecular flexibility index (Phi) is 8.69. The van der Waals surface area contributed by atoms with Gasteiger partial charge in [-0.2, -0.15) is 0 Å².